The molecule has 1 aromatic carbocycles. The van der Waals surface area contributed by atoms with Crippen molar-refractivity contribution in [2.24, 2.45) is 18.5 Å². The van der Waals surface area contributed by atoms with Crippen molar-refractivity contribution < 1.29 is 23.0 Å². The summed E-state index contributed by atoms with van der Waals surface area (Å²) in [5, 5.41) is 5.01. The summed E-state index contributed by atoms with van der Waals surface area (Å²) in [6.45, 7) is 1.89. The van der Waals surface area contributed by atoms with E-state index in [1.54, 1.807) is 25.0 Å². The van der Waals surface area contributed by atoms with Crippen molar-refractivity contribution >= 4 is 23.4 Å². The Kier molecular flexibility index (Phi) is 6.76. The van der Waals surface area contributed by atoms with Gasteiger partial charge in [0.25, 0.3) is 5.91 Å². The van der Waals surface area contributed by atoms with Gasteiger partial charge in [0, 0.05) is 25.6 Å². The molecule has 3 heterocycles. The number of halogens is 2. The predicted molar refractivity (Wildman–Crippen MR) is 121 cm³/mol. The van der Waals surface area contributed by atoms with Gasteiger partial charge in [0.05, 0.1) is 35.3 Å². The van der Waals surface area contributed by atoms with E-state index >= 15 is 0 Å². The van der Waals surface area contributed by atoms with Crippen LogP contribution in [0.2, 0.25) is 0 Å². The Bertz CT molecular complexity index is 1060. The van der Waals surface area contributed by atoms with E-state index in [0.29, 0.717) is 24.2 Å². The summed E-state index contributed by atoms with van der Waals surface area (Å²) in [4.78, 5) is 13.8. The molecule has 11 heteroatoms. The third-order valence-electron chi connectivity index (χ3n) is 6.13. The number of nitrogens with zero attached hydrogens (tertiary/aromatic N) is 3. The summed E-state index contributed by atoms with van der Waals surface area (Å²) < 4.78 is 42.9. The molecule has 0 spiro atoms. The molecule has 8 nitrogen and oxygen atoms in total. The summed E-state index contributed by atoms with van der Waals surface area (Å²) in [6, 6.07) is 3.46. The van der Waals surface area contributed by atoms with Crippen molar-refractivity contribution in [3.05, 3.63) is 58.4 Å². The highest BCUT2D eigenvalue weighted by molar-refractivity contribution is 8.02. The molecule has 4 N–H and O–H groups in total. The van der Waals surface area contributed by atoms with Crippen LogP contribution in [0.4, 0.5) is 14.5 Å². The molecule has 1 aromatic heterocycles. The standard InChI is InChI=1S/C22H27F2N5O3S/c1-11-20(31-3)14(25)7-8-17(32-11)19-15(9-27-28(19)2)29-16(21(26)30)10-33-22(29)18-12(23)5-4-6-13(18)24/h4-6,9-11,14,17,20,22H,7-8,25H2,1-3H3,(H2,26,30)/t11-,14-,17+,20-,22?/m1/s1. The third kappa shape index (κ3) is 4.25. The monoisotopic (exact) mass is 479 g/mol. The van der Waals surface area contributed by atoms with Crippen molar-refractivity contribution in [3.8, 4) is 0 Å². The number of thioether (sulfide) groups is 1. The molecule has 1 saturated heterocycles. The second-order valence-electron chi connectivity index (χ2n) is 8.17. The molecule has 1 fully saturated rings. The number of aryl methyl sites for hydroxylation is 1. The third-order valence-corrected chi connectivity index (χ3v) is 7.19. The van der Waals surface area contributed by atoms with E-state index in [4.69, 9.17) is 20.9 Å². The minimum atomic E-state index is -0.881. The van der Waals surface area contributed by atoms with Crippen LogP contribution in [-0.2, 0) is 21.3 Å². The van der Waals surface area contributed by atoms with Crippen molar-refractivity contribution in [1.29, 1.82) is 0 Å². The van der Waals surface area contributed by atoms with Gasteiger partial charge in [-0.15, -0.1) is 11.8 Å². The van der Waals surface area contributed by atoms with E-state index in [2.05, 4.69) is 5.10 Å². The maximum atomic E-state index is 14.7. The number of nitrogens with two attached hydrogens (primary N) is 2. The smallest absolute Gasteiger partial charge is 0.265 e. The maximum absolute atomic E-state index is 14.7. The van der Waals surface area contributed by atoms with Crippen molar-refractivity contribution in [2.45, 2.75) is 49.5 Å². The van der Waals surface area contributed by atoms with Gasteiger partial charge in [-0.1, -0.05) is 6.07 Å². The lowest BCUT2D eigenvalue weighted by Crippen LogP contribution is -2.42. The molecule has 0 radical (unpaired) electrons. The van der Waals surface area contributed by atoms with Gasteiger partial charge in [-0.25, -0.2) is 8.78 Å². The molecule has 2 aliphatic rings. The van der Waals surface area contributed by atoms with Crippen LogP contribution < -0.4 is 16.4 Å². The highest BCUT2D eigenvalue weighted by atomic mass is 32.2. The quantitative estimate of drug-likeness (QED) is 0.679. The number of ether oxygens (including phenoxy) is 2. The number of carbonyl (C=O) groups is 1. The van der Waals surface area contributed by atoms with Gasteiger partial charge in [0.2, 0.25) is 0 Å². The molecule has 1 amide bonds. The minimum absolute atomic E-state index is 0.120. The van der Waals surface area contributed by atoms with Gasteiger partial charge in [-0.2, -0.15) is 5.10 Å². The largest absolute Gasteiger partial charge is 0.377 e. The Morgan fingerprint density at radius 2 is 2.00 bits per heavy atom. The second-order valence-corrected chi connectivity index (χ2v) is 9.13. The van der Waals surface area contributed by atoms with Crippen LogP contribution in [0.1, 0.15) is 42.5 Å². The Labute approximate surface area is 194 Å². The number of aromatic nitrogens is 2. The number of hydrogen-bond donors (Lipinski definition) is 2. The lowest BCUT2D eigenvalue weighted by atomic mass is 10.0. The molecule has 1 unspecified atom stereocenters. The normalized spacial score (nSPS) is 28.0. The van der Waals surface area contributed by atoms with E-state index in [0.717, 1.165) is 11.8 Å². The summed E-state index contributed by atoms with van der Waals surface area (Å²) in [5.41, 5.74) is 13.0. The number of primary amides is 1. The van der Waals surface area contributed by atoms with Crippen LogP contribution in [0.15, 0.2) is 35.5 Å². The van der Waals surface area contributed by atoms with Crippen molar-refractivity contribution in [1.82, 2.24) is 9.78 Å². The number of anilines is 1. The summed E-state index contributed by atoms with van der Waals surface area (Å²) in [5.74, 6) is -2.14. The number of methoxy groups -OCH3 is 1. The van der Waals surface area contributed by atoms with E-state index in [9.17, 15) is 13.6 Å². The van der Waals surface area contributed by atoms with Gasteiger partial charge < -0.3 is 25.8 Å². The number of amides is 1. The zero-order valence-corrected chi connectivity index (χ0v) is 19.4. The Balaban J connectivity index is 1.79. The highest BCUT2D eigenvalue weighted by Crippen LogP contribution is 2.49. The van der Waals surface area contributed by atoms with Crippen LogP contribution in [0.5, 0.6) is 0 Å². The summed E-state index contributed by atoms with van der Waals surface area (Å²) >= 11 is 1.10. The predicted octanol–water partition coefficient (Wildman–Crippen LogP) is 2.86. The van der Waals surface area contributed by atoms with E-state index in [1.165, 1.54) is 28.5 Å². The topological polar surface area (TPSA) is 109 Å². The fraction of sp³-hybridized carbons (Fsp3) is 0.455. The van der Waals surface area contributed by atoms with Crippen LogP contribution in [0.3, 0.4) is 0 Å². The van der Waals surface area contributed by atoms with E-state index in [-0.39, 0.29) is 29.5 Å². The molecule has 5 atom stereocenters. The molecule has 2 aliphatic heterocycles. The Hall–Kier alpha value is -2.47. The fourth-order valence-electron chi connectivity index (χ4n) is 4.57. The van der Waals surface area contributed by atoms with Gasteiger partial charge in [0.15, 0.2) is 0 Å². The van der Waals surface area contributed by atoms with Crippen LogP contribution >= 0.6 is 11.8 Å². The first-order chi connectivity index (χ1) is 15.7. The number of benzene rings is 1. The van der Waals surface area contributed by atoms with Crippen LogP contribution in [0.25, 0.3) is 0 Å². The van der Waals surface area contributed by atoms with Crippen LogP contribution in [0, 0.1) is 11.6 Å². The number of rotatable bonds is 5. The molecule has 0 saturated carbocycles. The molecular formula is C22H27F2N5O3S. The molecule has 0 bridgehead atoms. The zero-order valence-electron chi connectivity index (χ0n) is 18.6. The lowest BCUT2D eigenvalue weighted by molar-refractivity contribution is -0.114. The zero-order chi connectivity index (χ0) is 23.9. The van der Waals surface area contributed by atoms with Crippen LogP contribution in [-0.4, -0.2) is 41.0 Å². The fourth-order valence-corrected chi connectivity index (χ4v) is 5.77. The second kappa shape index (κ2) is 9.41. The number of carbonyl (C=O) groups excluding carboxylic acids is 1. The molecular weight excluding hydrogens is 452 g/mol. The van der Waals surface area contributed by atoms with Gasteiger partial charge in [0.1, 0.15) is 28.8 Å². The first-order valence-corrected chi connectivity index (χ1v) is 11.5. The summed E-state index contributed by atoms with van der Waals surface area (Å²) in [7, 11) is 3.35. The van der Waals surface area contributed by atoms with E-state index < -0.39 is 29.0 Å². The maximum Gasteiger partial charge on any atom is 0.265 e. The van der Waals surface area contributed by atoms with Crippen molar-refractivity contribution in [3.63, 3.8) is 0 Å². The Morgan fingerprint density at radius 3 is 2.64 bits per heavy atom. The minimum Gasteiger partial charge on any atom is -0.377 e. The average Bonchev–Trinajstić information content (AvgIpc) is 3.31. The molecule has 0 aliphatic carbocycles. The van der Waals surface area contributed by atoms with Crippen molar-refractivity contribution in [2.75, 3.05) is 12.0 Å². The molecule has 4 rings (SSSR count). The van der Waals surface area contributed by atoms with Gasteiger partial charge in [-0.05, 0) is 31.9 Å². The number of hydrogen-bond acceptors (Lipinski definition) is 7. The average molecular weight is 480 g/mol. The molecule has 178 valence electrons. The first-order valence-electron chi connectivity index (χ1n) is 10.6. The lowest BCUT2D eigenvalue weighted by Gasteiger charge is -2.31. The molecule has 33 heavy (non-hydrogen) atoms. The SMILES string of the molecule is CO[C@H]1[C@H](N)CC[C@@H](c2c(N3C(C(N)=O)=CSC3c3c(F)cccc3F)cnn2C)O[C@@H]1C. The summed E-state index contributed by atoms with van der Waals surface area (Å²) in [6.07, 6.45) is 1.74. The first kappa shape index (κ1) is 23.7. The van der Waals surface area contributed by atoms with Gasteiger partial charge in [-0.3, -0.25) is 9.48 Å². The highest BCUT2D eigenvalue weighted by Gasteiger charge is 2.40. The van der Waals surface area contributed by atoms with Gasteiger partial charge >= 0.3 is 0 Å². The Morgan fingerprint density at radius 1 is 1.30 bits per heavy atom. The molecule has 2 aromatic rings. The van der Waals surface area contributed by atoms with E-state index in [1.807, 2.05) is 6.92 Å².